The van der Waals surface area contributed by atoms with Gasteiger partial charge in [-0.05, 0) is 41.8 Å². The highest BCUT2D eigenvalue weighted by Crippen LogP contribution is 2.34. The molecule has 1 saturated heterocycles. The Labute approximate surface area is 167 Å². The summed E-state index contributed by atoms with van der Waals surface area (Å²) in [6, 6.07) is 11.7. The first-order chi connectivity index (χ1) is 14.1. The van der Waals surface area contributed by atoms with Gasteiger partial charge in [-0.2, -0.15) is 0 Å². The van der Waals surface area contributed by atoms with Crippen molar-refractivity contribution in [1.29, 1.82) is 0 Å². The smallest absolute Gasteiger partial charge is 0.270 e. The molecule has 5 rings (SSSR count). The van der Waals surface area contributed by atoms with Gasteiger partial charge in [-0.3, -0.25) is 14.6 Å². The van der Waals surface area contributed by atoms with Gasteiger partial charge in [0.2, 0.25) is 5.91 Å². The molecule has 29 heavy (non-hydrogen) atoms. The lowest BCUT2D eigenvalue weighted by Gasteiger charge is -2.16. The highest BCUT2D eigenvalue weighted by Gasteiger charge is 2.24. The van der Waals surface area contributed by atoms with E-state index in [9.17, 15) is 9.59 Å². The van der Waals surface area contributed by atoms with Gasteiger partial charge in [0.15, 0.2) is 0 Å². The number of nitrogens with two attached hydrogens (primary N) is 1. The highest BCUT2D eigenvalue weighted by molar-refractivity contribution is 5.99. The van der Waals surface area contributed by atoms with Crippen LogP contribution in [0.1, 0.15) is 28.9 Å². The molecule has 0 radical (unpaired) electrons. The topological polar surface area (TPSA) is 101 Å². The van der Waals surface area contributed by atoms with E-state index in [-0.39, 0.29) is 11.8 Å². The molecule has 3 aromatic rings. The van der Waals surface area contributed by atoms with Gasteiger partial charge >= 0.3 is 0 Å². The number of amides is 2. The van der Waals surface area contributed by atoms with E-state index < -0.39 is 0 Å². The number of pyridine rings is 2. The first kappa shape index (κ1) is 17.4. The number of aromatic nitrogens is 2. The summed E-state index contributed by atoms with van der Waals surface area (Å²) in [5.41, 5.74) is 11.9. The van der Waals surface area contributed by atoms with Gasteiger partial charge in [-0.1, -0.05) is 12.1 Å². The molecule has 0 unspecified atom stereocenters. The van der Waals surface area contributed by atoms with E-state index in [2.05, 4.69) is 15.3 Å². The Balaban J connectivity index is 1.53. The van der Waals surface area contributed by atoms with E-state index in [0.29, 0.717) is 24.5 Å². The Hall–Kier alpha value is -3.74. The maximum atomic E-state index is 12.0. The third-order valence-corrected chi connectivity index (χ3v) is 5.49. The quantitative estimate of drug-likeness (QED) is 0.722. The van der Waals surface area contributed by atoms with Crippen LogP contribution in [0.2, 0.25) is 0 Å². The average molecular weight is 385 g/mol. The second-order valence-electron chi connectivity index (χ2n) is 7.22. The van der Waals surface area contributed by atoms with Crippen molar-refractivity contribution in [2.45, 2.75) is 19.4 Å². The van der Waals surface area contributed by atoms with Crippen LogP contribution in [0.15, 0.2) is 48.8 Å². The SMILES string of the molecule is Nc1ncc(-c2ccnc3c2CNC3=O)cc1-c1ccc(N2CCCC2=O)cc1. The fourth-order valence-electron chi connectivity index (χ4n) is 3.99. The molecule has 2 aliphatic rings. The van der Waals surface area contributed by atoms with Gasteiger partial charge in [0.25, 0.3) is 5.91 Å². The molecule has 0 bridgehead atoms. The van der Waals surface area contributed by atoms with Gasteiger partial charge in [0, 0.05) is 54.3 Å². The van der Waals surface area contributed by atoms with Crippen LogP contribution in [-0.4, -0.2) is 28.3 Å². The zero-order valence-electron chi connectivity index (χ0n) is 15.7. The maximum absolute atomic E-state index is 12.0. The standard InChI is InChI=1S/C22H19N5O2/c23-21-17(13-3-5-15(6-4-13)27-9-1-2-19(27)28)10-14(11-25-21)16-7-8-24-20-18(16)12-26-22(20)29/h3-8,10-11H,1-2,9,12H2,(H2,23,25)(H,26,29). The molecule has 0 aliphatic carbocycles. The van der Waals surface area contributed by atoms with Crippen molar-refractivity contribution in [2.75, 3.05) is 17.2 Å². The molecule has 2 aliphatic heterocycles. The lowest BCUT2D eigenvalue weighted by Crippen LogP contribution is -2.23. The van der Waals surface area contributed by atoms with Crippen LogP contribution in [0, 0.1) is 0 Å². The number of rotatable bonds is 3. The van der Waals surface area contributed by atoms with Gasteiger partial charge < -0.3 is 16.0 Å². The Morgan fingerprint density at radius 2 is 1.83 bits per heavy atom. The largest absolute Gasteiger partial charge is 0.383 e. The van der Waals surface area contributed by atoms with Crippen molar-refractivity contribution < 1.29 is 9.59 Å². The number of carbonyl (C=O) groups excluding carboxylic acids is 2. The monoisotopic (exact) mass is 385 g/mol. The van der Waals surface area contributed by atoms with Crippen LogP contribution in [0.3, 0.4) is 0 Å². The summed E-state index contributed by atoms with van der Waals surface area (Å²) < 4.78 is 0. The number of fused-ring (bicyclic) bond motifs is 1. The van der Waals surface area contributed by atoms with Crippen LogP contribution >= 0.6 is 0 Å². The van der Waals surface area contributed by atoms with Crippen LogP contribution in [0.5, 0.6) is 0 Å². The van der Waals surface area contributed by atoms with Crippen molar-refractivity contribution >= 4 is 23.3 Å². The molecule has 2 amide bonds. The summed E-state index contributed by atoms with van der Waals surface area (Å²) in [4.78, 5) is 34.3. The number of carbonyl (C=O) groups is 2. The normalized spacial score (nSPS) is 15.5. The molecule has 1 aromatic carbocycles. The number of hydrogen-bond donors (Lipinski definition) is 2. The summed E-state index contributed by atoms with van der Waals surface area (Å²) in [6.07, 6.45) is 4.85. The molecule has 0 spiro atoms. The van der Waals surface area contributed by atoms with Gasteiger partial charge in [-0.15, -0.1) is 0 Å². The lowest BCUT2D eigenvalue weighted by atomic mass is 9.98. The fraction of sp³-hybridized carbons (Fsp3) is 0.182. The number of nitrogens with zero attached hydrogens (tertiary/aromatic N) is 3. The minimum absolute atomic E-state index is 0.155. The highest BCUT2D eigenvalue weighted by atomic mass is 16.2. The minimum Gasteiger partial charge on any atom is -0.383 e. The molecule has 7 nitrogen and oxygen atoms in total. The molecule has 0 atom stereocenters. The molecule has 4 heterocycles. The molecule has 3 N–H and O–H groups in total. The predicted octanol–water partition coefficient (Wildman–Crippen LogP) is 2.76. The van der Waals surface area contributed by atoms with Gasteiger partial charge in [0.1, 0.15) is 11.5 Å². The zero-order valence-corrected chi connectivity index (χ0v) is 15.7. The second-order valence-corrected chi connectivity index (χ2v) is 7.22. The Kier molecular flexibility index (Phi) is 4.01. The molecule has 1 fully saturated rings. The zero-order chi connectivity index (χ0) is 20.0. The van der Waals surface area contributed by atoms with E-state index >= 15 is 0 Å². The summed E-state index contributed by atoms with van der Waals surface area (Å²) >= 11 is 0. The Morgan fingerprint density at radius 3 is 2.59 bits per heavy atom. The third kappa shape index (κ3) is 2.91. The lowest BCUT2D eigenvalue weighted by molar-refractivity contribution is -0.117. The molecule has 7 heteroatoms. The maximum Gasteiger partial charge on any atom is 0.270 e. The van der Waals surface area contributed by atoms with Crippen LogP contribution in [0.25, 0.3) is 22.3 Å². The third-order valence-electron chi connectivity index (χ3n) is 5.49. The average Bonchev–Trinajstić information content (AvgIpc) is 3.34. The number of benzene rings is 1. The van der Waals surface area contributed by atoms with E-state index in [0.717, 1.165) is 46.5 Å². The number of nitrogens with one attached hydrogen (secondary N) is 1. The van der Waals surface area contributed by atoms with E-state index in [1.165, 1.54) is 0 Å². The Bertz CT molecular complexity index is 1140. The van der Waals surface area contributed by atoms with E-state index in [4.69, 9.17) is 5.73 Å². The van der Waals surface area contributed by atoms with Crippen molar-refractivity contribution in [3.8, 4) is 22.3 Å². The molecular formula is C22H19N5O2. The number of nitrogen functional groups attached to an aromatic ring is 1. The number of hydrogen-bond acceptors (Lipinski definition) is 5. The second kappa shape index (κ2) is 6.70. The van der Waals surface area contributed by atoms with E-state index in [1.807, 2.05) is 41.3 Å². The number of anilines is 2. The van der Waals surface area contributed by atoms with Crippen molar-refractivity contribution in [3.05, 3.63) is 60.0 Å². The first-order valence-corrected chi connectivity index (χ1v) is 9.54. The molecule has 2 aromatic heterocycles. The van der Waals surface area contributed by atoms with E-state index in [1.54, 1.807) is 12.4 Å². The van der Waals surface area contributed by atoms with Crippen LogP contribution in [0.4, 0.5) is 11.5 Å². The van der Waals surface area contributed by atoms with Crippen molar-refractivity contribution in [3.63, 3.8) is 0 Å². The first-order valence-electron chi connectivity index (χ1n) is 9.54. The molecule has 144 valence electrons. The summed E-state index contributed by atoms with van der Waals surface area (Å²) in [5.74, 6) is 0.437. The molecule has 0 saturated carbocycles. The molecular weight excluding hydrogens is 366 g/mol. The summed E-state index contributed by atoms with van der Waals surface area (Å²) in [7, 11) is 0. The minimum atomic E-state index is -0.155. The summed E-state index contributed by atoms with van der Waals surface area (Å²) in [6.45, 7) is 1.22. The van der Waals surface area contributed by atoms with Gasteiger partial charge in [-0.25, -0.2) is 4.98 Å². The Morgan fingerprint density at radius 1 is 1.00 bits per heavy atom. The van der Waals surface area contributed by atoms with Crippen molar-refractivity contribution in [1.82, 2.24) is 15.3 Å². The van der Waals surface area contributed by atoms with Crippen molar-refractivity contribution in [2.24, 2.45) is 0 Å². The van der Waals surface area contributed by atoms with Gasteiger partial charge in [0.05, 0.1) is 0 Å². The summed E-state index contributed by atoms with van der Waals surface area (Å²) in [5, 5.41) is 2.81. The fourth-order valence-corrected chi connectivity index (χ4v) is 3.99. The van der Waals surface area contributed by atoms with Crippen LogP contribution < -0.4 is 16.0 Å². The predicted molar refractivity (Wildman–Crippen MR) is 110 cm³/mol. The van der Waals surface area contributed by atoms with Crippen LogP contribution in [-0.2, 0) is 11.3 Å².